The lowest BCUT2D eigenvalue weighted by atomic mass is 10.3. The lowest BCUT2D eigenvalue weighted by Gasteiger charge is -2.02. The third kappa shape index (κ3) is 3.43. The van der Waals surface area contributed by atoms with Gasteiger partial charge in [0.1, 0.15) is 0 Å². The molecule has 1 heterocycles. The summed E-state index contributed by atoms with van der Waals surface area (Å²) >= 11 is 1.37. The Morgan fingerprint density at radius 2 is 1.95 bits per heavy atom. The van der Waals surface area contributed by atoms with Crippen LogP contribution in [0, 0.1) is 6.92 Å². The van der Waals surface area contributed by atoms with Gasteiger partial charge in [0.05, 0.1) is 10.6 Å². The Balaban J connectivity index is 2.42. The summed E-state index contributed by atoms with van der Waals surface area (Å²) in [5.74, 6) is 0.0344. The molecule has 0 fully saturated rings. The van der Waals surface area contributed by atoms with Gasteiger partial charge in [-0.3, -0.25) is 10.1 Å². The highest BCUT2D eigenvalue weighted by Gasteiger charge is 2.12. The Labute approximate surface area is 131 Å². The van der Waals surface area contributed by atoms with Gasteiger partial charge in [-0.05, 0) is 38.1 Å². The van der Waals surface area contributed by atoms with E-state index < -0.39 is 6.09 Å². The first-order valence-electron chi connectivity index (χ1n) is 6.78. The number of benzene rings is 1. The second kappa shape index (κ2) is 6.57. The number of ketones is 1. The van der Waals surface area contributed by atoms with Gasteiger partial charge in [-0.15, -0.1) is 0 Å². The molecule has 0 saturated carbocycles. The van der Waals surface area contributed by atoms with Gasteiger partial charge < -0.3 is 9.67 Å². The van der Waals surface area contributed by atoms with E-state index in [1.165, 1.54) is 11.3 Å². The van der Waals surface area contributed by atoms with Crippen LogP contribution in [0.15, 0.2) is 29.3 Å². The zero-order valence-corrected chi connectivity index (χ0v) is 13.4. The zero-order valence-electron chi connectivity index (χ0n) is 12.6. The monoisotopic (exact) mass is 319 g/mol. The fourth-order valence-corrected chi connectivity index (χ4v) is 3.23. The zero-order chi connectivity index (χ0) is 16.3. The van der Waals surface area contributed by atoms with Crippen molar-refractivity contribution in [3.05, 3.63) is 39.6 Å². The van der Waals surface area contributed by atoms with Gasteiger partial charge in [0.15, 0.2) is 10.6 Å². The number of amides is 1. The molecule has 116 valence electrons. The first-order chi connectivity index (χ1) is 10.4. The van der Waals surface area contributed by atoms with Crippen LogP contribution >= 0.6 is 11.3 Å². The first kappa shape index (κ1) is 16.0. The molecule has 2 N–H and O–H groups in total. The van der Waals surface area contributed by atoms with Crippen LogP contribution in [-0.4, -0.2) is 21.6 Å². The van der Waals surface area contributed by atoms with Crippen molar-refractivity contribution < 1.29 is 14.7 Å². The number of anilines is 1. The molecule has 0 radical (unpaired) electrons. The number of nitrogens with zero attached hydrogens (tertiary/aromatic N) is 2. The minimum absolute atomic E-state index is 0.0344. The first-order valence-corrected chi connectivity index (χ1v) is 7.60. The summed E-state index contributed by atoms with van der Waals surface area (Å²) in [7, 11) is 0. The number of nitrogens with one attached hydrogen (secondary N) is 1. The van der Waals surface area contributed by atoms with Crippen molar-refractivity contribution in [2.45, 2.75) is 27.3 Å². The van der Waals surface area contributed by atoms with Crippen LogP contribution in [0.3, 0.4) is 0 Å². The third-order valence-electron chi connectivity index (χ3n) is 3.14. The van der Waals surface area contributed by atoms with Crippen molar-refractivity contribution in [1.82, 2.24) is 4.57 Å². The van der Waals surface area contributed by atoms with E-state index in [1.54, 1.807) is 31.2 Å². The smallest absolute Gasteiger partial charge is 0.409 e. The maximum absolute atomic E-state index is 11.6. The molecule has 0 aliphatic carbocycles. The number of thiazole rings is 1. The number of hydrogen-bond acceptors (Lipinski definition) is 4. The highest BCUT2D eigenvalue weighted by Crippen LogP contribution is 2.18. The van der Waals surface area contributed by atoms with Crippen molar-refractivity contribution in [1.29, 1.82) is 0 Å². The SMILES string of the molecule is CCn1c(C)c(C(C)=O)s/c1=N/c1ccc(NC(=O)O)cc1. The molecule has 0 aliphatic heterocycles. The van der Waals surface area contributed by atoms with Crippen molar-refractivity contribution in [3.8, 4) is 0 Å². The minimum atomic E-state index is -1.10. The molecule has 0 bridgehead atoms. The Morgan fingerprint density at radius 3 is 2.45 bits per heavy atom. The van der Waals surface area contributed by atoms with Gasteiger partial charge in [-0.1, -0.05) is 11.3 Å². The molecule has 7 heteroatoms. The summed E-state index contributed by atoms with van der Waals surface area (Å²) in [6.45, 7) is 6.19. The normalized spacial score (nSPS) is 11.5. The van der Waals surface area contributed by atoms with Crippen molar-refractivity contribution in [2.75, 3.05) is 5.32 Å². The Bertz CT molecular complexity index is 772. The number of Topliss-reactive ketones (excluding diaryl/α,β-unsaturated/α-hetero) is 1. The van der Waals surface area contributed by atoms with E-state index in [-0.39, 0.29) is 5.78 Å². The lowest BCUT2D eigenvalue weighted by Crippen LogP contribution is -2.14. The van der Waals surface area contributed by atoms with Crippen LogP contribution in [0.25, 0.3) is 0 Å². The van der Waals surface area contributed by atoms with E-state index in [1.807, 2.05) is 18.4 Å². The van der Waals surface area contributed by atoms with Gasteiger partial charge in [0, 0.05) is 24.8 Å². The highest BCUT2D eigenvalue weighted by molar-refractivity contribution is 7.11. The number of carbonyl (C=O) groups is 2. The number of hydrogen-bond donors (Lipinski definition) is 2. The molecular weight excluding hydrogens is 302 g/mol. The van der Waals surface area contributed by atoms with Crippen LogP contribution in [-0.2, 0) is 6.54 Å². The van der Waals surface area contributed by atoms with Crippen LogP contribution in [0.1, 0.15) is 29.2 Å². The predicted octanol–water partition coefficient (Wildman–Crippen LogP) is 3.40. The number of aromatic nitrogens is 1. The van der Waals surface area contributed by atoms with Crippen LogP contribution in [0.4, 0.5) is 16.2 Å². The number of carboxylic acid groups (broad SMARTS) is 1. The molecule has 0 unspecified atom stereocenters. The topological polar surface area (TPSA) is 83.7 Å². The van der Waals surface area contributed by atoms with Crippen molar-refractivity contribution >= 4 is 34.6 Å². The van der Waals surface area contributed by atoms with E-state index in [9.17, 15) is 9.59 Å². The average Bonchev–Trinajstić information content (AvgIpc) is 2.76. The standard InChI is InChI=1S/C15H17N3O3S/c1-4-18-9(2)13(10(3)19)22-14(18)16-11-5-7-12(8-6-11)17-15(20)21/h5-8,17H,4H2,1-3H3,(H,20,21)/b16-14+. The summed E-state index contributed by atoms with van der Waals surface area (Å²) < 4.78 is 1.99. The second-order valence-electron chi connectivity index (χ2n) is 4.69. The molecule has 0 atom stereocenters. The molecule has 1 aromatic carbocycles. The van der Waals surface area contributed by atoms with E-state index >= 15 is 0 Å². The maximum Gasteiger partial charge on any atom is 0.409 e. The molecule has 0 aliphatic rings. The van der Waals surface area contributed by atoms with E-state index in [0.717, 1.165) is 17.0 Å². The second-order valence-corrected chi connectivity index (χ2v) is 5.67. The maximum atomic E-state index is 11.6. The van der Waals surface area contributed by atoms with Crippen molar-refractivity contribution in [2.24, 2.45) is 4.99 Å². The summed E-state index contributed by atoms with van der Waals surface area (Å²) in [6.07, 6.45) is -1.10. The number of carbonyl (C=O) groups excluding carboxylic acids is 1. The number of rotatable bonds is 4. The Morgan fingerprint density at radius 1 is 1.32 bits per heavy atom. The van der Waals surface area contributed by atoms with Gasteiger partial charge in [0.25, 0.3) is 0 Å². The van der Waals surface area contributed by atoms with Crippen LogP contribution in [0.2, 0.25) is 0 Å². The largest absolute Gasteiger partial charge is 0.465 e. The highest BCUT2D eigenvalue weighted by atomic mass is 32.1. The lowest BCUT2D eigenvalue weighted by molar-refractivity contribution is 0.102. The molecule has 0 saturated heterocycles. The Kier molecular flexibility index (Phi) is 4.77. The molecule has 0 spiro atoms. The molecule has 6 nitrogen and oxygen atoms in total. The minimum Gasteiger partial charge on any atom is -0.465 e. The van der Waals surface area contributed by atoms with E-state index in [0.29, 0.717) is 16.3 Å². The van der Waals surface area contributed by atoms with Gasteiger partial charge in [-0.25, -0.2) is 9.79 Å². The summed E-state index contributed by atoms with van der Waals surface area (Å²) in [4.78, 5) is 28.2. The van der Waals surface area contributed by atoms with Gasteiger partial charge >= 0.3 is 6.09 Å². The van der Waals surface area contributed by atoms with Gasteiger partial charge in [0.2, 0.25) is 0 Å². The van der Waals surface area contributed by atoms with Gasteiger partial charge in [-0.2, -0.15) is 0 Å². The fourth-order valence-electron chi connectivity index (χ4n) is 2.12. The van der Waals surface area contributed by atoms with E-state index in [2.05, 4.69) is 10.3 Å². The summed E-state index contributed by atoms with van der Waals surface area (Å²) in [6, 6.07) is 6.76. The fraction of sp³-hybridized carbons (Fsp3) is 0.267. The van der Waals surface area contributed by atoms with E-state index in [4.69, 9.17) is 5.11 Å². The quantitative estimate of drug-likeness (QED) is 0.847. The molecule has 22 heavy (non-hydrogen) atoms. The molecule has 2 aromatic rings. The van der Waals surface area contributed by atoms with Crippen LogP contribution < -0.4 is 10.1 Å². The predicted molar refractivity (Wildman–Crippen MR) is 86.0 cm³/mol. The molecule has 2 rings (SSSR count). The summed E-state index contributed by atoms with van der Waals surface area (Å²) in [5.41, 5.74) is 2.11. The van der Waals surface area contributed by atoms with Crippen LogP contribution in [0.5, 0.6) is 0 Å². The molecule has 1 amide bonds. The summed E-state index contributed by atoms with van der Waals surface area (Å²) in [5, 5.41) is 10.9. The Hall–Kier alpha value is -2.41. The third-order valence-corrected chi connectivity index (χ3v) is 4.42. The average molecular weight is 319 g/mol. The molecular formula is C15H17N3O3S. The van der Waals surface area contributed by atoms with Crippen molar-refractivity contribution in [3.63, 3.8) is 0 Å². The molecule has 1 aromatic heterocycles.